The molecule has 1 aromatic rings. The van der Waals surface area contributed by atoms with Gasteiger partial charge < -0.3 is 11.5 Å². The molecule has 7 nitrogen and oxygen atoms in total. The molecular weight excluding hydrogens is 258 g/mol. The third-order valence-electron chi connectivity index (χ3n) is 2.05. The fourth-order valence-corrected chi connectivity index (χ4v) is 2.23. The highest BCUT2D eigenvalue weighted by Gasteiger charge is 2.22. The van der Waals surface area contributed by atoms with E-state index < -0.39 is 34.3 Å². The Labute approximate surface area is 104 Å². The lowest BCUT2D eigenvalue weighted by molar-refractivity contribution is -0.125. The Hall–Kier alpha value is -1.93. The Balaban J connectivity index is 2.79. The molecule has 98 valence electrons. The average Bonchev–Trinajstić information content (AvgIpc) is 2.28. The van der Waals surface area contributed by atoms with Crippen LogP contribution in [0.4, 0.5) is 0 Å². The summed E-state index contributed by atoms with van der Waals surface area (Å²) < 4.78 is 25.2. The molecule has 8 heteroatoms. The van der Waals surface area contributed by atoms with E-state index in [1.54, 1.807) is 10.8 Å². The lowest BCUT2D eigenvalue weighted by Gasteiger charge is -2.11. The highest BCUT2D eigenvalue weighted by Crippen LogP contribution is 2.07. The average molecular weight is 271 g/mol. The first-order chi connectivity index (χ1) is 8.33. The number of carbonyl (C=O) groups excluding carboxylic acids is 2. The van der Waals surface area contributed by atoms with Gasteiger partial charge in [-0.2, -0.15) is 0 Å². The van der Waals surface area contributed by atoms with Crippen molar-refractivity contribution in [2.45, 2.75) is 17.4 Å². The number of hydrogen-bond acceptors (Lipinski definition) is 5. The Morgan fingerprint density at radius 3 is 2.28 bits per heavy atom. The van der Waals surface area contributed by atoms with Gasteiger partial charge in [-0.15, -0.1) is 0 Å². The summed E-state index contributed by atoms with van der Waals surface area (Å²) in [7, 11) is -3.97. The second-order valence-electron chi connectivity index (χ2n) is 3.56. The van der Waals surface area contributed by atoms with Gasteiger partial charge in [0.05, 0.1) is 17.4 Å². The standard InChI is InChI=1S/C10H13N3O4S/c11-8(6-9(12)14)10(15)13-18(16,17)7-4-2-1-3-5-7/h1-5,8H,6,11H2,(H2,12,14)(H,13,15). The van der Waals surface area contributed by atoms with E-state index >= 15 is 0 Å². The number of benzene rings is 1. The molecule has 0 aliphatic carbocycles. The summed E-state index contributed by atoms with van der Waals surface area (Å²) >= 11 is 0. The molecule has 0 heterocycles. The highest BCUT2D eigenvalue weighted by molar-refractivity contribution is 7.90. The summed E-state index contributed by atoms with van der Waals surface area (Å²) in [5.74, 6) is -1.76. The molecule has 1 aromatic carbocycles. The monoisotopic (exact) mass is 271 g/mol. The van der Waals surface area contributed by atoms with Crippen LogP contribution in [0.25, 0.3) is 0 Å². The zero-order valence-electron chi connectivity index (χ0n) is 9.37. The molecular formula is C10H13N3O4S. The van der Waals surface area contributed by atoms with Gasteiger partial charge in [-0.05, 0) is 12.1 Å². The Morgan fingerprint density at radius 2 is 1.78 bits per heavy atom. The molecule has 1 unspecified atom stereocenters. The van der Waals surface area contributed by atoms with Gasteiger partial charge in [-0.1, -0.05) is 18.2 Å². The van der Waals surface area contributed by atoms with Crippen LogP contribution >= 0.6 is 0 Å². The topological polar surface area (TPSA) is 132 Å². The van der Waals surface area contributed by atoms with Crippen LogP contribution in [-0.4, -0.2) is 26.3 Å². The lowest BCUT2D eigenvalue weighted by Crippen LogP contribution is -2.45. The molecule has 0 fully saturated rings. The first-order valence-electron chi connectivity index (χ1n) is 4.98. The molecule has 18 heavy (non-hydrogen) atoms. The third-order valence-corrected chi connectivity index (χ3v) is 3.41. The smallest absolute Gasteiger partial charge is 0.264 e. The summed E-state index contributed by atoms with van der Waals surface area (Å²) in [4.78, 5) is 21.9. The molecule has 2 amide bonds. The second-order valence-corrected chi connectivity index (χ2v) is 5.24. The predicted octanol–water partition coefficient (Wildman–Crippen LogP) is -1.31. The van der Waals surface area contributed by atoms with E-state index in [1.807, 2.05) is 0 Å². The Bertz CT molecular complexity index is 542. The largest absolute Gasteiger partial charge is 0.370 e. The molecule has 0 saturated heterocycles. The van der Waals surface area contributed by atoms with E-state index in [9.17, 15) is 18.0 Å². The fourth-order valence-electron chi connectivity index (χ4n) is 1.18. The summed E-state index contributed by atoms with van der Waals surface area (Å²) in [6.07, 6.45) is -0.420. The number of nitrogens with two attached hydrogens (primary N) is 2. The SMILES string of the molecule is NC(=O)CC(N)C(=O)NS(=O)(=O)c1ccccc1. The summed E-state index contributed by atoms with van der Waals surface area (Å²) in [6.45, 7) is 0. The van der Waals surface area contributed by atoms with Crippen LogP contribution in [0, 0.1) is 0 Å². The van der Waals surface area contributed by atoms with Crippen molar-refractivity contribution in [3.8, 4) is 0 Å². The lowest BCUT2D eigenvalue weighted by atomic mass is 10.2. The second kappa shape index (κ2) is 5.61. The normalized spacial score (nSPS) is 12.7. The van der Waals surface area contributed by atoms with Crippen LogP contribution < -0.4 is 16.2 Å². The van der Waals surface area contributed by atoms with Gasteiger partial charge in [0.15, 0.2) is 0 Å². The quantitative estimate of drug-likeness (QED) is 0.612. The van der Waals surface area contributed by atoms with Gasteiger partial charge in [0.25, 0.3) is 15.9 Å². The number of carbonyl (C=O) groups is 2. The van der Waals surface area contributed by atoms with Gasteiger partial charge in [0.2, 0.25) is 5.91 Å². The van der Waals surface area contributed by atoms with Crippen LogP contribution in [0.1, 0.15) is 6.42 Å². The van der Waals surface area contributed by atoms with Crippen LogP contribution in [0.5, 0.6) is 0 Å². The van der Waals surface area contributed by atoms with Gasteiger partial charge >= 0.3 is 0 Å². The first-order valence-corrected chi connectivity index (χ1v) is 6.47. The van der Waals surface area contributed by atoms with Crippen molar-refractivity contribution >= 4 is 21.8 Å². The van der Waals surface area contributed by atoms with Crippen molar-refractivity contribution in [2.75, 3.05) is 0 Å². The van der Waals surface area contributed by atoms with Crippen LogP contribution in [0.3, 0.4) is 0 Å². The molecule has 0 aromatic heterocycles. The highest BCUT2D eigenvalue weighted by atomic mass is 32.2. The zero-order valence-corrected chi connectivity index (χ0v) is 10.2. The number of primary amides is 1. The van der Waals surface area contributed by atoms with Gasteiger partial charge in [-0.3, -0.25) is 9.59 Å². The van der Waals surface area contributed by atoms with Crippen molar-refractivity contribution in [2.24, 2.45) is 11.5 Å². The van der Waals surface area contributed by atoms with Crippen molar-refractivity contribution in [1.82, 2.24) is 4.72 Å². The maximum Gasteiger partial charge on any atom is 0.264 e. The maximum absolute atomic E-state index is 11.7. The maximum atomic E-state index is 11.7. The van der Waals surface area contributed by atoms with Gasteiger partial charge in [0.1, 0.15) is 0 Å². The van der Waals surface area contributed by atoms with Crippen molar-refractivity contribution < 1.29 is 18.0 Å². The van der Waals surface area contributed by atoms with E-state index in [0.29, 0.717) is 0 Å². The third kappa shape index (κ3) is 3.82. The van der Waals surface area contributed by atoms with Crippen LogP contribution in [-0.2, 0) is 19.6 Å². The number of amides is 2. The van der Waals surface area contributed by atoms with Crippen molar-refractivity contribution in [3.63, 3.8) is 0 Å². The summed E-state index contributed by atoms with van der Waals surface area (Å²) in [5, 5.41) is 0. The molecule has 5 N–H and O–H groups in total. The molecule has 1 rings (SSSR count). The minimum absolute atomic E-state index is 0.0652. The Kier molecular flexibility index (Phi) is 4.40. The minimum atomic E-state index is -3.97. The number of nitrogens with one attached hydrogen (secondary N) is 1. The molecule has 0 radical (unpaired) electrons. The van der Waals surface area contributed by atoms with E-state index in [2.05, 4.69) is 0 Å². The molecule has 0 aliphatic rings. The number of hydrogen-bond donors (Lipinski definition) is 3. The van der Waals surface area contributed by atoms with E-state index in [0.717, 1.165) is 0 Å². The molecule has 1 atom stereocenters. The number of rotatable bonds is 5. The molecule has 0 spiro atoms. The van der Waals surface area contributed by atoms with Gasteiger partial charge in [0, 0.05) is 0 Å². The summed E-state index contributed by atoms with van der Waals surface area (Å²) in [6, 6.07) is 6.04. The minimum Gasteiger partial charge on any atom is -0.370 e. The summed E-state index contributed by atoms with van der Waals surface area (Å²) in [5.41, 5.74) is 10.2. The molecule has 0 saturated carbocycles. The Morgan fingerprint density at radius 1 is 1.22 bits per heavy atom. The van der Waals surface area contributed by atoms with Gasteiger partial charge in [-0.25, -0.2) is 13.1 Å². The molecule has 0 aliphatic heterocycles. The fraction of sp³-hybridized carbons (Fsp3) is 0.200. The van der Waals surface area contributed by atoms with E-state index in [1.165, 1.54) is 24.3 Å². The predicted molar refractivity (Wildman–Crippen MR) is 63.6 cm³/mol. The first kappa shape index (κ1) is 14.1. The van der Waals surface area contributed by atoms with Crippen molar-refractivity contribution in [1.29, 1.82) is 0 Å². The van der Waals surface area contributed by atoms with E-state index in [-0.39, 0.29) is 4.90 Å². The zero-order chi connectivity index (χ0) is 13.8. The van der Waals surface area contributed by atoms with Crippen LogP contribution in [0.2, 0.25) is 0 Å². The van der Waals surface area contributed by atoms with Crippen molar-refractivity contribution in [3.05, 3.63) is 30.3 Å². The number of sulfonamides is 1. The van der Waals surface area contributed by atoms with Crippen LogP contribution in [0.15, 0.2) is 35.2 Å². The van der Waals surface area contributed by atoms with E-state index in [4.69, 9.17) is 11.5 Å². The molecule has 0 bridgehead atoms.